The van der Waals surface area contributed by atoms with Gasteiger partial charge in [0.1, 0.15) is 11.4 Å². The molecule has 0 N–H and O–H groups in total. The van der Waals surface area contributed by atoms with E-state index >= 15 is 0 Å². The molecule has 0 aliphatic heterocycles. The van der Waals surface area contributed by atoms with E-state index in [4.69, 9.17) is 11.6 Å². The van der Waals surface area contributed by atoms with Crippen molar-refractivity contribution >= 4 is 11.6 Å². The van der Waals surface area contributed by atoms with E-state index in [0.717, 1.165) is 6.07 Å². The van der Waals surface area contributed by atoms with E-state index in [9.17, 15) is 17.6 Å². The van der Waals surface area contributed by atoms with Gasteiger partial charge in [0.05, 0.1) is 0 Å². The molecule has 0 nitrogen and oxygen atoms in total. The lowest BCUT2D eigenvalue weighted by atomic mass is 10.2. The summed E-state index contributed by atoms with van der Waals surface area (Å²) in [5, 5.41) is -0.260. The monoisotopic (exact) mass is 197 g/mol. The van der Waals surface area contributed by atoms with Gasteiger partial charge >= 0.3 is 6.18 Å². The molecule has 0 aromatic heterocycles. The summed E-state index contributed by atoms with van der Waals surface area (Å²) in [5.74, 6) is -1.37. The van der Waals surface area contributed by atoms with Crippen molar-refractivity contribution in [1.29, 1.82) is 0 Å². The van der Waals surface area contributed by atoms with E-state index in [-0.39, 0.29) is 5.02 Å². The molecule has 1 aromatic carbocycles. The summed E-state index contributed by atoms with van der Waals surface area (Å²) in [6.45, 7) is 0. The molecule has 0 saturated carbocycles. The molecule has 0 spiro atoms. The fourth-order valence-corrected chi connectivity index (χ4v) is 0.814. The van der Waals surface area contributed by atoms with Crippen molar-refractivity contribution in [1.82, 2.24) is 0 Å². The van der Waals surface area contributed by atoms with Crippen LogP contribution >= 0.6 is 11.6 Å². The van der Waals surface area contributed by atoms with E-state index in [1.165, 1.54) is 0 Å². The van der Waals surface area contributed by atoms with Gasteiger partial charge in [0.2, 0.25) is 0 Å². The maximum atomic E-state index is 12.5. The number of halogens is 5. The van der Waals surface area contributed by atoms with E-state index in [0.29, 0.717) is 6.07 Å². The first-order valence-electron chi connectivity index (χ1n) is 2.86. The molecule has 12 heavy (non-hydrogen) atoms. The van der Waals surface area contributed by atoms with Crippen LogP contribution in [0.25, 0.3) is 0 Å². The third-order valence-electron chi connectivity index (χ3n) is 1.14. The highest BCUT2D eigenvalue weighted by atomic mass is 35.5. The normalized spacial score (nSPS) is 11.8. The Balaban J connectivity index is 3.23. The van der Waals surface area contributed by atoms with Crippen LogP contribution in [-0.2, 0) is 6.18 Å². The van der Waals surface area contributed by atoms with Crippen LogP contribution in [0.15, 0.2) is 12.1 Å². The van der Waals surface area contributed by atoms with Gasteiger partial charge in [-0.15, -0.1) is 0 Å². The highest BCUT2D eigenvalue weighted by Crippen LogP contribution is 2.32. The molecule has 0 fully saturated rings. The number of alkyl halides is 3. The highest BCUT2D eigenvalue weighted by molar-refractivity contribution is 6.30. The van der Waals surface area contributed by atoms with Crippen molar-refractivity contribution in [3.05, 3.63) is 34.6 Å². The van der Waals surface area contributed by atoms with Crippen molar-refractivity contribution in [3.63, 3.8) is 0 Å². The lowest BCUT2D eigenvalue weighted by molar-refractivity contribution is -0.140. The Morgan fingerprint density at radius 1 is 1.25 bits per heavy atom. The van der Waals surface area contributed by atoms with Crippen LogP contribution < -0.4 is 0 Å². The van der Waals surface area contributed by atoms with Crippen molar-refractivity contribution < 1.29 is 17.6 Å². The van der Waals surface area contributed by atoms with Crippen molar-refractivity contribution in [3.8, 4) is 0 Å². The number of hydrogen-bond acceptors (Lipinski definition) is 0. The summed E-state index contributed by atoms with van der Waals surface area (Å²) in [4.78, 5) is 0. The average molecular weight is 198 g/mol. The first kappa shape index (κ1) is 9.32. The zero-order valence-electron chi connectivity index (χ0n) is 5.54. The van der Waals surface area contributed by atoms with E-state index in [2.05, 4.69) is 0 Å². The molecule has 1 radical (unpaired) electrons. The lowest BCUT2D eigenvalue weighted by Gasteiger charge is -2.06. The van der Waals surface area contributed by atoms with Crippen LogP contribution in [0.2, 0.25) is 5.02 Å². The van der Waals surface area contributed by atoms with Crippen molar-refractivity contribution in [2.24, 2.45) is 0 Å². The molecular weight excluding hydrogens is 196 g/mol. The molecule has 0 bridgehead atoms. The predicted octanol–water partition coefficient (Wildman–Crippen LogP) is 3.30. The fraction of sp³-hybridized carbons (Fsp3) is 0.143. The molecule has 0 aliphatic carbocycles. The van der Waals surface area contributed by atoms with Gasteiger partial charge in [-0.3, -0.25) is 0 Å². The molecule has 0 heterocycles. The van der Waals surface area contributed by atoms with Crippen molar-refractivity contribution in [2.45, 2.75) is 6.18 Å². The Morgan fingerprint density at radius 3 is 2.25 bits per heavy atom. The maximum absolute atomic E-state index is 12.5. The standard InChI is InChI=1S/C7H2ClF4/c8-4-1-2-6(9)5(3-4)7(10,11)12/h1-2H. The van der Waals surface area contributed by atoms with Gasteiger partial charge in [-0.25, -0.2) is 4.39 Å². The molecule has 1 rings (SSSR count). The Kier molecular flexibility index (Phi) is 2.28. The SMILES string of the molecule is Fc1ccc(Cl)[c]c1C(F)(F)F. The lowest BCUT2D eigenvalue weighted by Crippen LogP contribution is -2.07. The van der Waals surface area contributed by atoms with Crippen LogP contribution in [0.3, 0.4) is 0 Å². The Labute approximate surface area is 70.8 Å². The number of hydrogen-bond donors (Lipinski definition) is 0. The number of benzene rings is 1. The summed E-state index contributed by atoms with van der Waals surface area (Å²) in [7, 11) is 0. The summed E-state index contributed by atoms with van der Waals surface area (Å²) in [6, 6.07) is 3.34. The molecule has 1 aromatic rings. The highest BCUT2D eigenvalue weighted by Gasteiger charge is 2.34. The molecule has 5 heteroatoms. The zero-order chi connectivity index (χ0) is 9.35. The van der Waals surface area contributed by atoms with Gasteiger partial charge in [-0.1, -0.05) is 11.6 Å². The van der Waals surface area contributed by atoms with Gasteiger partial charge in [-0.05, 0) is 12.1 Å². The second kappa shape index (κ2) is 2.94. The van der Waals surface area contributed by atoms with E-state index < -0.39 is 17.6 Å². The first-order valence-corrected chi connectivity index (χ1v) is 3.23. The average Bonchev–Trinajstić information content (AvgIpc) is 1.92. The summed E-state index contributed by atoms with van der Waals surface area (Å²) < 4.78 is 48.2. The van der Waals surface area contributed by atoms with E-state index in [1.807, 2.05) is 0 Å². The smallest absolute Gasteiger partial charge is 0.206 e. The molecule has 0 atom stereocenters. The van der Waals surface area contributed by atoms with Gasteiger partial charge in [-0.2, -0.15) is 13.2 Å². The molecule has 0 amide bonds. The van der Waals surface area contributed by atoms with Crippen molar-refractivity contribution in [2.75, 3.05) is 0 Å². The minimum absolute atomic E-state index is 0.260. The molecule has 0 aliphatic rings. The largest absolute Gasteiger partial charge is 0.419 e. The summed E-state index contributed by atoms with van der Waals surface area (Å²) in [5.41, 5.74) is -1.46. The number of rotatable bonds is 0. The minimum Gasteiger partial charge on any atom is -0.206 e. The fourth-order valence-electron chi connectivity index (χ4n) is 0.657. The topological polar surface area (TPSA) is 0 Å². The molecule has 0 unspecified atom stereocenters. The van der Waals surface area contributed by atoms with Gasteiger partial charge in [0.25, 0.3) is 0 Å². The second-order valence-corrected chi connectivity index (χ2v) is 2.43. The van der Waals surface area contributed by atoms with E-state index in [1.54, 1.807) is 6.07 Å². The molecular formula is C7H2ClF4. The Hall–Kier alpha value is -0.770. The summed E-state index contributed by atoms with van der Waals surface area (Å²) in [6.07, 6.45) is -4.74. The Morgan fingerprint density at radius 2 is 1.83 bits per heavy atom. The second-order valence-electron chi connectivity index (χ2n) is 2.03. The van der Waals surface area contributed by atoms with Crippen LogP contribution in [-0.4, -0.2) is 0 Å². The Bertz CT molecular complexity index is 292. The summed E-state index contributed by atoms with van der Waals surface area (Å²) >= 11 is 5.20. The first-order chi connectivity index (χ1) is 5.41. The maximum Gasteiger partial charge on any atom is 0.419 e. The predicted molar refractivity (Wildman–Crippen MR) is 35.2 cm³/mol. The third kappa shape index (κ3) is 1.88. The van der Waals surface area contributed by atoms with Gasteiger partial charge in [0, 0.05) is 11.1 Å². The minimum atomic E-state index is -4.74. The third-order valence-corrected chi connectivity index (χ3v) is 1.36. The van der Waals surface area contributed by atoms with Crippen LogP contribution in [0.1, 0.15) is 5.56 Å². The molecule has 0 saturated heterocycles. The van der Waals surface area contributed by atoms with Gasteiger partial charge < -0.3 is 0 Å². The van der Waals surface area contributed by atoms with Crippen LogP contribution in [0.4, 0.5) is 17.6 Å². The zero-order valence-corrected chi connectivity index (χ0v) is 6.30. The van der Waals surface area contributed by atoms with Crippen LogP contribution in [0.5, 0.6) is 0 Å². The van der Waals surface area contributed by atoms with Crippen LogP contribution in [0, 0.1) is 11.9 Å². The quantitative estimate of drug-likeness (QED) is 0.560. The molecule has 65 valence electrons. The van der Waals surface area contributed by atoms with Gasteiger partial charge in [0.15, 0.2) is 0 Å².